The molecule has 3 saturated heterocycles. The number of terminal acetylenes is 1. The van der Waals surface area contributed by atoms with Crippen molar-refractivity contribution in [3.05, 3.63) is 41.5 Å². The Morgan fingerprint density at radius 1 is 1.07 bits per heavy atom. The van der Waals surface area contributed by atoms with Crippen LogP contribution < -0.4 is 19.7 Å². The second kappa shape index (κ2) is 11.2. The normalized spacial score (nSPS) is 22.0. The second-order valence-electron chi connectivity index (χ2n) is 13.3. The van der Waals surface area contributed by atoms with Crippen molar-refractivity contribution >= 4 is 27.5 Å². The van der Waals surface area contributed by atoms with Gasteiger partial charge in [-0.2, -0.15) is 9.97 Å². The molecular formula is C35H36F2N6O3. The number of phenols is 1. The molecule has 46 heavy (non-hydrogen) atoms. The molecule has 11 heteroatoms. The van der Waals surface area contributed by atoms with Crippen LogP contribution in [0.4, 0.5) is 14.6 Å². The number of likely N-dealkylation sites (tertiary alicyclic amines) is 1. The van der Waals surface area contributed by atoms with E-state index >= 15 is 4.39 Å². The monoisotopic (exact) mass is 626 g/mol. The summed E-state index contributed by atoms with van der Waals surface area (Å²) in [5.74, 6) is 1.47. The van der Waals surface area contributed by atoms with Crippen molar-refractivity contribution in [2.45, 2.75) is 50.6 Å². The van der Waals surface area contributed by atoms with Gasteiger partial charge in [0.1, 0.15) is 34.0 Å². The Morgan fingerprint density at radius 3 is 2.52 bits per heavy atom. The summed E-state index contributed by atoms with van der Waals surface area (Å²) < 4.78 is 44.0. The van der Waals surface area contributed by atoms with Crippen molar-refractivity contribution in [2.24, 2.45) is 5.41 Å². The Labute approximate surface area is 265 Å². The third-order valence-corrected chi connectivity index (χ3v) is 10.1. The van der Waals surface area contributed by atoms with Gasteiger partial charge in [-0.3, -0.25) is 0 Å². The molecule has 5 heterocycles. The number of methoxy groups -OCH3 is 1. The Kier molecular flexibility index (Phi) is 7.10. The highest BCUT2D eigenvalue weighted by molar-refractivity contribution is 6.04. The largest absolute Gasteiger partial charge is 0.508 e. The van der Waals surface area contributed by atoms with Crippen molar-refractivity contribution in [1.82, 2.24) is 25.2 Å². The maximum atomic E-state index is 17.0. The van der Waals surface area contributed by atoms with Crippen LogP contribution in [0.15, 0.2) is 24.3 Å². The van der Waals surface area contributed by atoms with Crippen LogP contribution >= 0.6 is 0 Å². The molecule has 4 fully saturated rings. The molecule has 4 aromatic rings. The van der Waals surface area contributed by atoms with Crippen molar-refractivity contribution in [3.63, 3.8) is 0 Å². The van der Waals surface area contributed by atoms with Gasteiger partial charge in [0.15, 0.2) is 5.82 Å². The number of nitrogens with one attached hydrogen (secondary N) is 1. The molecule has 238 valence electrons. The third-order valence-electron chi connectivity index (χ3n) is 10.1. The Hall–Kier alpha value is -4.27. The maximum absolute atomic E-state index is 17.0. The maximum Gasteiger partial charge on any atom is 0.319 e. The number of hydrogen-bond donors (Lipinski definition) is 2. The van der Waals surface area contributed by atoms with E-state index in [1.54, 1.807) is 0 Å². The SMILES string of the molecule is C#Cc1c(F)ccc2cc(O)cc(-c3nc(OC)c4c(N5CC6CCC(C5)N6)nc(OCC5(CN6CCCC6)CC5)nc4c3F)c12. The predicted octanol–water partition coefficient (Wildman–Crippen LogP) is 5.01. The first-order chi connectivity index (χ1) is 22.3. The zero-order valence-corrected chi connectivity index (χ0v) is 25.8. The molecule has 2 aromatic heterocycles. The van der Waals surface area contributed by atoms with E-state index in [1.807, 2.05) is 0 Å². The lowest BCUT2D eigenvalue weighted by Crippen LogP contribution is -2.51. The van der Waals surface area contributed by atoms with E-state index in [9.17, 15) is 9.50 Å². The number of aromatic nitrogens is 3. The van der Waals surface area contributed by atoms with Crippen LogP contribution in [0.2, 0.25) is 0 Å². The molecule has 4 aliphatic rings. The molecule has 2 bridgehead atoms. The first-order valence-electron chi connectivity index (χ1n) is 16.1. The Bertz CT molecular complexity index is 1890. The second-order valence-corrected chi connectivity index (χ2v) is 13.3. The summed E-state index contributed by atoms with van der Waals surface area (Å²) in [4.78, 5) is 18.8. The highest BCUT2D eigenvalue weighted by Crippen LogP contribution is 2.47. The van der Waals surface area contributed by atoms with E-state index < -0.39 is 11.6 Å². The van der Waals surface area contributed by atoms with Gasteiger partial charge in [-0.25, -0.2) is 13.8 Å². The number of rotatable bonds is 8. The van der Waals surface area contributed by atoms with E-state index in [0.717, 1.165) is 45.3 Å². The average Bonchev–Trinajstić information content (AvgIpc) is 3.46. The van der Waals surface area contributed by atoms with Crippen molar-refractivity contribution in [2.75, 3.05) is 51.3 Å². The van der Waals surface area contributed by atoms with E-state index in [0.29, 0.717) is 48.4 Å². The van der Waals surface area contributed by atoms with Crippen molar-refractivity contribution in [3.8, 4) is 41.2 Å². The number of aromatic hydroxyl groups is 1. The quantitative estimate of drug-likeness (QED) is 0.262. The van der Waals surface area contributed by atoms with Gasteiger partial charge in [0.05, 0.1) is 19.3 Å². The van der Waals surface area contributed by atoms with Crippen molar-refractivity contribution < 1.29 is 23.4 Å². The molecule has 9 nitrogen and oxygen atoms in total. The lowest BCUT2D eigenvalue weighted by atomic mass is 9.95. The average molecular weight is 627 g/mol. The van der Waals surface area contributed by atoms with E-state index in [-0.39, 0.29) is 50.8 Å². The van der Waals surface area contributed by atoms with Gasteiger partial charge in [0.25, 0.3) is 0 Å². The molecular weight excluding hydrogens is 590 g/mol. The highest BCUT2D eigenvalue weighted by atomic mass is 19.1. The molecule has 1 saturated carbocycles. The minimum absolute atomic E-state index is 0.0210. The summed E-state index contributed by atoms with van der Waals surface area (Å²) in [5.41, 5.74) is -0.0645. The zero-order valence-electron chi connectivity index (χ0n) is 25.8. The molecule has 0 spiro atoms. The molecule has 1 aliphatic carbocycles. The molecule has 3 aliphatic heterocycles. The van der Waals surface area contributed by atoms with Gasteiger partial charge in [-0.15, -0.1) is 6.42 Å². The number of ether oxygens (including phenoxy) is 2. The number of halogens is 2. The summed E-state index contributed by atoms with van der Waals surface area (Å²) >= 11 is 0. The molecule has 0 radical (unpaired) electrons. The molecule has 2 N–H and O–H groups in total. The number of benzene rings is 2. The summed E-state index contributed by atoms with van der Waals surface area (Å²) in [6.45, 7) is 5.02. The summed E-state index contributed by atoms with van der Waals surface area (Å²) in [6.07, 6.45) is 12.4. The van der Waals surface area contributed by atoms with Crippen LogP contribution in [0.5, 0.6) is 17.6 Å². The number of phenolic OH excluding ortho intramolecular Hbond substituents is 1. The first kappa shape index (κ1) is 29.2. The number of anilines is 1. The van der Waals surface area contributed by atoms with Gasteiger partial charge in [0.2, 0.25) is 5.88 Å². The third kappa shape index (κ3) is 5.04. The summed E-state index contributed by atoms with van der Waals surface area (Å²) in [6, 6.07) is 6.19. The van der Waals surface area contributed by atoms with Gasteiger partial charge >= 0.3 is 6.01 Å². The topological polar surface area (TPSA) is 95.9 Å². The van der Waals surface area contributed by atoms with Crippen LogP contribution in [-0.4, -0.2) is 83.5 Å². The molecule has 2 aromatic carbocycles. The van der Waals surface area contributed by atoms with Crippen molar-refractivity contribution in [1.29, 1.82) is 0 Å². The van der Waals surface area contributed by atoms with E-state index in [4.69, 9.17) is 20.9 Å². The van der Waals surface area contributed by atoms with Crippen LogP contribution in [0.1, 0.15) is 44.1 Å². The van der Waals surface area contributed by atoms with Crippen LogP contribution in [0.25, 0.3) is 32.9 Å². The standard InChI is InChI=1S/C35H36F2N6O3/c1-3-24-26(36)9-6-20-14-23(44)15-25(27(20)24)30-29(37)31-28(33(39-30)45-2)32(43-16-21-7-8-22(17-43)38-21)41-34(40-31)46-19-35(10-11-35)18-42-12-4-5-13-42/h1,6,9,14-15,21-22,38,44H,4-5,7-8,10-13,16-19H2,2H3. The number of fused-ring (bicyclic) bond motifs is 4. The fraction of sp³-hybridized carbons (Fsp3) is 0.457. The number of piperazine rings is 1. The summed E-state index contributed by atoms with van der Waals surface area (Å²) in [5, 5.41) is 15.3. The van der Waals surface area contributed by atoms with Crippen LogP contribution in [0.3, 0.4) is 0 Å². The Morgan fingerprint density at radius 2 is 1.83 bits per heavy atom. The Balaban J connectivity index is 1.29. The van der Waals surface area contributed by atoms with Gasteiger partial charge in [-0.05, 0) is 75.2 Å². The first-order valence-corrected chi connectivity index (χ1v) is 16.1. The number of pyridine rings is 1. The van der Waals surface area contributed by atoms with Crippen LogP contribution in [0, 0.1) is 29.4 Å². The van der Waals surface area contributed by atoms with Gasteiger partial charge in [-0.1, -0.05) is 12.0 Å². The minimum Gasteiger partial charge on any atom is -0.508 e. The molecule has 2 atom stereocenters. The van der Waals surface area contributed by atoms with E-state index in [1.165, 1.54) is 44.2 Å². The lowest BCUT2D eigenvalue weighted by Gasteiger charge is -2.34. The van der Waals surface area contributed by atoms with Crippen LogP contribution in [-0.2, 0) is 0 Å². The molecule has 2 unspecified atom stereocenters. The lowest BCUT2D eigenvalue weighted by molar-refractivity contribution is 0.170. The smallest absolute Gasteiger partial charge is 0.319 e. The van der Waals surface area contributed by atoms with Gasteiger partial charge in [0, 0.05) is 48.1 Å². The predicted molar refractivity (Wildman–Crippen MR) is 171 cm³/mol. The minimum atomic E-state index is -0.764. The molecule has 0 amide bonds. The van der Waals surface area contributed by atoms with E-state index in [2.05, 4.69) is 31.0 Å². The van der Waals surface area contributed by atoms with Gasteiger partial charge < -0.3 is 29.7 Å². The zero-order chi connectivity index (χ0) is 31.6. The summed E-state index contributed by atoms with van der Waals surface area (Å²) in [7, 11) is 1.46. The number of hydrogen-bond acceptors (Lipinski definition) is 9. The highest BCUT2D eigenvalue weighted by Gasteiger charge is 2.45. The fourth-order valence-corrected chi connectivity index (χ4v) is 7.60. The fourth-order valence-electron chi connectivity index (χ4n) is 7.60. The molecule has 8 rings (SSSR count). The number of nitrogens with zero attached hydrogens (tertiary/aromatic N) is 5.